The van der Waals surface area contributed by atoms with Crippen molar-refractivity contribution in [2.24, 2.45) is 0 Å². The fourth-order valence-corrected chi connectivity index (χ4v) is 3.55. The first kappa shape index (κ1) is 15.3. The van der Waals surface area contributed by atoms with E-state index in [9.17, 15) is 18.4 Å². The Hall–Kier alpha value is -2.11. The third-order valence-corrected chi connectivity index (χ3v) is 4.77. The molecule has 0 aliphatic heterocycles. The van der Waals surface area contributed by atoms with Crippen LogP contribution in [-0.2, 0) is 10.1 Å². The van der Waals surface area contributed by atoms with E-state index in [1.807, 2.05) is 0 Å². The number of aromatic nitrogens is 1. The van der Waals surface area contributed by atoms with E-state index in [0.717, 1.165) is 16.6 Å². The zero-order valence-electron chi connectivity index (χ0n) is 10.5. The van der Waals surface area contributed by atoms with Crippen LogP contribution < -0.4 is 4.46 Å². The molecule has 4 nitrogen and oxygen atoms in total. The SMILES string of the molecule is O=C(O)C(=O)c1ccc(F)c(F)c1C[Se]c1cccnc1. The average Bonchev–Trinajstić information content (AvgIpc) is 2.49. The molecule has 2 aromatic rings. The van der Waals surface area contributed by atoms with Crippen LogP contribution in [0.5, 0.6) is 0 Å². The number of nitrogens with zero attached hydrogens (tertiary/aromatic N) is 1. The number of halogens is 2. The minimum atomic E-state index is -1.70. The van der Waals surface area contributed by atoms with E-state index in [-0.39, 0.29) is 31.4 Å². The first-order valence-corrected chi connectivity index (χ1v) is 7.85. The van der Waals surface area contributed by atoms with Crippen molar-refractivity contribution in [2.45, 2.75) is 5.32 Å². The van der Waals surface area contributed by atoms with Crippen LogP contribution in [0.4, 0.5) is 8.78 Å². The number of carbonyl (C=O) groups is 2. The Labute approximate surface area is 125 Å². The summed E-state index contributed by atoms with van der Waals surface area (Å²) >= 11 is -0.295. The molecule has 0 fully saturated rings. The summed E-state index contributed by atoms with van der Waals surface area (Å²) in [6, 6.07) is 5.25. The number of hydrogen-bond donors (Lipinski definition) is 1. The summed E-state index contributed by atoms with van der Waals surface area (Å²) in [6.45, 7) is 0. The molecule has 0 bridgehead atoms. The third kappa shape index (κ3) is 3.51. The minimum absolute atomic E-state index is 0.0661. The van der Waals surface area contributed by atoms with Crippen LogP contribution in [0.3, 0.4) is 0 Å². The van der Waals surface area contributed by atoms with Crippen molar-refractivity contribution in [1.29, 1.82) is 0 Å². The fourth-order valence-electron chi connectivity index (χ4n) is 1.65. The molecule has 0 unspecified atom stereocenters. The molecule has 0 atom stereocenters. The quantitative estimate of drug-likeness (QED) is 0.496. The van der Waals surface area contributed by atoms with Crippen LogP contribution in [0, 0.1) is 11.6 Å². The number of ketones is 1. The van der Waals surface area contributed by atoms with Gasteiger partial charge in [0.15, 0.2) is 0 Å². The van der Waals surface area contributed by atoms with E-state index < -0.39 is 23.4 Å². The number of carbonyl (C=O) groups excluding carboxylic acids is 1. The van der Waals surface area contributed by atoms with Gasteiger partial charge < -0.3 is 0 Å². The summed E-state index contributed by atoms with van der Waals surface area (Å²) < 4.78 is 28.0. The van der Waals surface area contributed by atoms with Crippen LogP contribution in [0.2, 0.25) is 0 Å². The Morgan fingerprint density at radius 2 is 2.00 bits per heavy atom. The molecule has 0 radical (unpaired) electrons. The molecule has 0 saturated carbocycles. The van der Waals surface area contributed by atoms with E-state index in [2.05, 4.69) is 4.98 Å². The molecule has 1 aromatic heterocycles. The molecule has 1 N–H and O–H groups in total. The Balaban J connectivity index is 2.34. The average molecular weight is 356 g/mol. The predicted molar refractivity (Wildman–Crippen MR) is 71.7 cm³/mol. The van der Waals surface area contributed by atoms with Crippen molar-refractivity contribution >= 4 is 31.2 Å². The molecule has 7 heteroatoms. The molecule has 108 valence electrons. The summed E-state index contributed by atoms with van der Waals surface area (Å²) in [5, 5.41) is 8.80. The Kier molecular flexibility index (Phi) is 4.77. The van der Waals surface area contributed by atoms with Gasteiger partial charge in [-0.2, -0.15) is 0 Å². The Bertz CT molecular complexity index is 692. The summed E-state index contributed by atoms with van der Waals surface area (Å²) in [7, 11) is 0. The van der Waals surface area contributed by atoms with Crippen molar-refractivity contribution in [3.8, 4) is 0 Å². The summed E-state index contributed by atoms with van der Waals surface area (Å²) in [6.07, 6.45) is 3.18. The molecule has 0 saturated heterocycles. The van der Waals surface area contributed by atoms with E-state index in [1.165, 1.54) is 0 Å². The maximum atomic E-state index is 13.9. The zero-order valence-corrected chi connectivity index (χ0v) is 12.3. The van der Waals surface area contributed by atoms with Gasteiger partial charge in [0.1, 0.15) is 0 Å². The molecule has 2 rings (SSSR count). The van der Waals surface area contributed by atoms with Gasteiger partial charge in [-0.05, 0) is 0 Å². The molecule has 1 aromatic carbocycles. The first-order valence-electron chi connectivity index (χ1n) is 5.78. The van der Waals surface area contributed by atoms with Crippen molar-refractivity contribution < 1.29 is 23.5 Å². The predicted octanol–water partition coefficient (Wildman–Crippen LogP) is 1.16. The van der Waals surface area contributed by atoms with Crippen molar-refractivity contribution in [3.05, 3.63) is 59.4 Å². The van der Waals surface area contributed by atoms with Crippen LogP contribution in [0.25, 0.3) is 0 Å². The van der Waals surface area contributed by atoms with Gasteiger partial charge in [0.2, 0.25) is 0 Å². The van der Waals surface area contributed by atoms with Crippen molar-refractivity contribution in [2.75, 3.05) is 0 Å². The number of hydrogen-bond acceptors (Lipinski definition) is 3. The summed E-state index contributed by atoms with van der Waals surface area (Å²) in [5.41, 5.74) is -0.515. The number of benzene rings is 1. The van der Waals surface area contributed by atoms with Gasteiger partial charge in [-0.15, -0.1) is 0 Å². The van der Waals surface area contributed by atoms with Crippen LogP contribution in [0.15, 0.2) is 36.7 Å². The third-order valence-electron chi connectivity index (χ3n) is 2.65. The number of aliphatic carboxylic acids is 1. The Morgan fingerprint density at radius 1 is 1.24 bits per heavy atom. The summed E-state index contributed by atoms with van der Waals surface area (Å²) in [4.78, 5) is 26.2. The first-order chi connectivity index (χ1) is 10.0. The van der Waals surface area contributed by atoms with Crippen LogP contribution in [-0.4, -0.2) is 36.8 Å². The molecule has 0 spiro atoms. The van der Waals surface area contributed by atoms with Gasteiger partial charge in [0, 0.05) is 0 Å². The van der Waals surface area contributed by atoms with Crippen molar-refractivity contribution in [1.82, 2.24) is 4.98 Å². The Morgan fingerprint density at radius 3 is 2.62 bits per heavy atom. The second kappa shape index (κ2) is 6.56. The zero-order chi connectivity index (χ0) is 15.4. The van der Waals surface area contributed by atoms with E-state index >= 15 is 0 Å². The molecule has 0 amide bonds. The second-order valence-electron chi connectivity index (χ2n) is 4.00. The van der Waals surface area contributed by atoms with Gasteiger partial charge in [-0.25, -0.2) is 0 Å². The number of pyridine rings is 1. The molecule has 1 heterocycles. The molecule has 0 aliphatic carbocycles. The van der Waals surface area contributed by atoms with E-state index in [4.69, 9.17) is 5.11 Å². The normalized spacial score (nSPS) is 10.4. The van der Waals surface area contributed by atoms with Crippen LogP contribution in [0.1, 0.15) is 15.9 Å². The fraction of sp³-hybridized carbons (Fsp3) is 0.0714. The maximum absolute atomic E-state index is 13.9. The van der Waals surface area contributed by atoms with Gasteiger partial charge >= 0.3 is 124 Å². The molecule has 21 heavy (non-hydrogen) atoms. The topological polar surface area (TPSA) is 67.3 Å². The standard InChI is InChI=1S/C14H9F2NO3Se/c15-11-4-3-9(13(18)14(19)20)10(12(11)16)7-21-8-2-1-5-17-6-8/h1-6H,7H2,(H,19,20). The van der Waals surface area contributed by atoms with Gasteiger partial charge in [-0.3, -0.25) is 0 Å². The van der Waals surface area contributed by atoms with Crippen molar-refractivity contribution in [3.63, 3.8) is 0 Å². The number of Topliss-reactive ketones (excluding diaryl/α,β-unsaturated/α-hetero) is 1. The van der Waals surface area contributed by atoms with Crippen LogP contribution >= 0.6 is 0 Å². The van der Waals surface area contributed by atoms with Gasteiger partial charge in [0.05, 0.1) is 0 Å². The number of rotatable bonds is 5. The van der Waals surface area contributed by atoms with E-state index in [0.29, 0.717) is 0 Å². The second-order valence-corrected chi connectivity index (χ2v) is 6.20. The van der Waals surface area contributed by atoms with Gasteiger partial charge in [-0.1, -0.05) is 0 Å². The van der Waals surface area contributed by atoms with Gasteiger partial charge in [0.25, 0.3) is 0 Å². The summed E-state index contributed by atoms with van der Waals surface area (Å²) in [5.74, 6) is -5.22. The molecular formula is C14H9F2NO3Se. The monoisotopic (exact) mass is 357 g/mol. The van der Waals surface area contributed by atoms with E-state index in [1.54, 1.807) is 24.5 Å². The molecule has 0 aliphatic rings. The number of carboxylic acids is 1. The molecular weight excluding hydrogens is 347 g/mol. The number of carboxylic acid groups (broad SMARTS) is 1.